The maximum atomic E-state index is 4.06. The molecule has 1 rings (SSSR count). The smallest absolute Gasteiger partial charge is 0.0403 e. The van der Waals surface area contributed by atoms with Gasteiger partial charge in [0, 0.05) is 17.3 Å². The number of nitrogens with zero attached hydrogens (tertiary/aromatic N) is 1. The van der Waals surface area contributed by atoms with Crippen LogP contribution in [-0.2, 0) is 0 Å². The van der Waals surface area contributed by atoms with E-state index >= 15 is 0 Å². The van der Waals surface area contributed by atoms with E-state index in [1.54, 1.807) is 0 Å². The fourth-order valence-electron chi connectivity index (χ4n) is 0.975. The first kappa shape index (κ1) is 9.59. The lowest BCUT2D eigenvalue weighted by Crippen LogP contribution is -1.80. The summed E-state index contributed by atoms with van der Waals surface area (Å²) >= 11 is 1.90. The normalized spacial score (nSPS) is 10.1. The third kappa shape index (κ3) is 3.77. The van der Waals surface area contributed by atoms with Crippen LogP contribution < -0.4 is 0 Å². The quantitative estimate of drug-likeness (QED) is 0.510. The molecule has 0 unspecified atom stereocenters. The highest BCUT2D eigenvalue weighted by Crippen LogP contribution is 2.17. The zero-order valence-corrected chi connectivity index (χ0v) is 8.31. The van der Waals surface area contributed by atoms with Crippen molar-refractivity contribution >= 4 is 11.8 Å². The molecule has 0 bridgehead atoms. The van der Waals surface area contributed by atoms with Gasteiger partial charge in [0.2, 0.25) is 0 Å². The van der Waals surface area contributed by atoms with E-state index in [9.17, 15) is 0 Å². The Balaban J connectivity index is 2.16. The largest absolute Gasteiger partial charge is 0.264 e. The summed E-state index contributed by atoms with van der Waals surface area (Å²) in [5, 5.41) is 0. The van der Waals surface area contributed by atoms with Crippen LogP contribution in [0.5, 0.6) is 0 Å². The predicted molar refractivity (Wildman–Crippen MR) is 54.5 cm³/mol. The second kappa shape index (κ2) is 6.06. The van der Waals surface area contributed by atoms with Gasteiger partial charge in [0.05, 0.1) is 0 Å². The highest BCUT2D eigenvalue weighted by molar-refractivity contribution is 7.99. The van der Waals surface area contributed by atoms with Gasteiger partial charge in [-0.25, -0.2) is 0 Å². The van der Waals surface area contributed by atoms with Crippen molar-refractivity contribution in [3.63, 3.8) is 0 Å². The standard InChI is InChI=1S/C10H15NS/c1-2-3-4-8-12-10-6-5-7-11-9-10/h5-7,9H,2-4,8H2,1H3. The van der Waals surface area contributed by atoms with Crippen LogP contribution in [0, 0.1) is 0 Å². The molecular formula is C10H15NS. The number of pyridine rings is 1. The zero-order valence-electron chi connectivity index (χ0n) is 7.49. The van der Waals surface area contributed by atoms with Crippen LogP contribution in [0.15, 0.2) is 29.4 Å². The van der Waals surface area contributed by atoms with E-state index in [2.05, 4.69) is 18.0 Å². The number of rotatable bonds is 5. The van der Waals surface area contributed by atoms with E-state index in [1.165, 1.54) is 29.9 Å². The fourth-order valence-corrected chi connectivity index (χ4v) is 1.87. The number of hydrogen-bond acceptors (Lipinski definition) is 2. The van der Waals surface area contributed by atoms with Crippen LogP contribution in [0.1, 0.15) is 26.2 Å². The van der Waals surface area contributed by atoms with E-state index in [0.717, 1.165) is 0 Å². The summed E-state index contributed by atoms with van der Waals surface area (Å²) in [4.78, 5) is 5.35. The van der Waals surface area contributed by atoms with Crippen LogP contribution in [0.2, 0.25) is 0 Å². The number of aromatic nitrogens is 1. The summed E-state index contributed by atoms with van der Waals surface area (Å²) in [5.41, 5.74) is 0. The average Bonchev–Trinajstić information content (AvgIpc) is 2.14. The Morgan fingerprint density at radius 3 is 3.00 bits per heavy atom. The van der Waals surface area contributed by atoms with Gasteiger partial charge in [-0.1, -0.05) is 19.8 Å². The molecule has 0 fully saturated rings. The Morgan fingerprint density at radius 2 is 2.33 bits per heavy atom. The van der Waals surface area contributed by atoms with Gasteiger partial charge in [0.1, 0.15) is 0 Å². The van der Waals surface area contributed by atoms with Crippen molar-refractivity contribution in [2.75, 3.05) is 5.75 Å². The van der Waals surface area contributed by atoms with Crippen molar-refractivity contribution in [2.45, 2.75) is 31.1 Å². The summed E-state index contributed by atoms with van der Waals surface area (Å²) in [6, 6.07) is 4.10. The monoisotopic (exact) mass is 181 g/mol. The minimum atomic E-state index is 1.22. The molecular weight excluding hydrogens is 166 g/mol. The minimum absolute atomic E-state index is 1.22. The molecule has 66 valence electrons. The molecule has 2 heteroatoms. The van der Waals surface area contributed by atoms with Crippen molar-refractivity contribution in [3.05, 3.63) is 24.5 Å². The molecule has 0 aromatic carbocycles. The van der Waals surface area contributed by atoms with Gasteiger partial charge in [-0.05, 0) is 24.3 Å². The molecule has 12 heavy (non-hydrogen) atoms. The van der Waals surface area contributed by atoms with Crippen molar-refractivity contribution in [1.29, 1.82) is 0 Å². The van der Waals surface area contributed by atoms with E-state index in [4.69, 9.17) is 0 Å². The molecule has 0 saturated heterocycles. The highest BCUT2D eigenvalue weighted by atomic mass is 32.2. The van der Waals surface area contributed by atoms with Gasteiger partial charge in [0.15, 0.2) is 0 Å². The van der Waals surface area contributed by atoms with Crippen LogP contribution in [0.25, 0.3) is 0 Å². The van der Waals surface area contributed by atoms with E-state index in [1.807, 2.05) is 30.2 Å². The van der Waals surface area contributed by atoms with Gasteiger partial charge in [-0.3, -0.25) is 4.98 Å². The minimum Gasteiger partial charge on any atom is -0.264 e. The first-order valence-electron chi connectivity index (χ1n) is 4.46. The second-order valence-electron chi connectivity index (χ2n) is 2.74. The molecule has 0 atom stereocenters. The average molecular weight is 181 g/mol. The van der Waals surface area contributed by atoms with Crippen molar-refractivity contribution in [3.8, 4) is 0 Å². The van der Waals surface area contributed by atoms with Crippen molar-refractivity contribution in [2.24, 2.45) is 0 Å². The molecule has 0 amide bonds. The molecule has 0 saturated carbocycles. The summed E-state index contributed by atoms with van der Waals surface area (Å²) in [6.45, 7) is 2.23. The SMILES string of the molecule is CCCCCSc1cccnc1. The molecule has 1 aromatic rings. The molecule has 1 heterocycles. The Kier molecular flexibility index (Phi) is 4.85. The molecule has 0 spiro atoms. The summed E-state index contributed by atoms with van der Waals surface area (Å²) < 4.78 is 0. The lowest BCUT2D eigenvalue weighted by molar-refractivity contribution is 0.778. The Bertz CT molecular complexity index is 198. The first-order chi connectivity index (χ1) is 5.93. The van der Waals surface area contributed by atoms with E-state index in [-0.39, 0.29) is 0 Å². The number of unbranched alkanes of at least 4 members (excludes halogenated alkanes) is 2. The first-order valence-corrected chi connectivity index (χ1v) is 5.45. The van der Waals surface area contributed by atoms with E-state index in [0.29, 0.717) is 0 Å². The molecule has 1 nitrogen and oxygen atoms in total. The maximum absolute atomic E-state index is 4.06. The van der Waals surface area contributed by atoms with Gasteiger partial charge in [-0.2, -0.15) is 0 Å². The van der Waals surface area contributed by atoms with Gasteiger partial charge >= 0.3 is 0 Å². The lowest BCUT2D eigenvalue weighted by Gasteiger charge is -1.98. The van der Waals surface area contributed by atoms with Crippen LogP contribution in [-0.4, -0.2) is 10.7 Å². The van der Waals surface area contributed by atoms with Gasteiger partial charge in [0.25, 0.3) is 0 Å². The summed E-state index contributed by atoms with van der Waals surface area (Å²) in [5.74, 6) is 1.22. The Labute approximate surface area is 78.6 Å². The fraction of sp³-hybridized carbons (Fsp3) is 0.500. The number of hydrogen-bond donors (Lipinski definition) is 0. The third-order valence-corrected chi connectivity index (χ3v) is 2.72. The van der Waals surface area contributed by atoms with Crippen LogP contribution in [0.3, 0.4) is 0 Å². The lowest BCUT2D eigenvalue weighted by atomic mass is 10.3. The Morgan fingerprint density at radius 1 is 1.42 bits per heavy atom. The number of thioether (sulfide) groups is 1. The zero-order chi connectivity index (χ0) is 8.65. The van der Waals surface area contributed by atoms with Crippen LogP contribution >= 0.6 is 11.8 Å². The van der Waals surface area contributed by atoms with Crippen molar-refractivity contribution in [1.82, 2.24) is 4.98 Å². The molecule has 0 aliphatic heterocycles. The molecule has 1 aromatic heterocycles. The maximum Gasteiger partial charge on any atom is 0.0403 e. The van der Waals surface area contributed by atoms with Crippen molar-refractivity contribution < 1.29 is 0 Å². The second-order valence-corrected chi connectivity index (χ2v) is 3.91. The molecule has 0 aliphatic rings. The molecule has 0 radical (unpaired) electrons. The van der Waals surface area contributed by atoms with E-state index < -0.39 is 0 Å². The third-order valence-electron chi connectivity index (χ3n) is 1.65. The topological polar surface area (TPSA) is 12.9 Å². The van der Waals surface area contributed by atoms with Gasteiger partial charge < -0.3 is 0 Å². The predicted octanol–water partition coefficient (Wildman–Crippen LogP) is 3.36. The summed E-state index contributed by atoms with van der Waals surface area (Å²) in [7, 11) is 0. The molecule has 0 aliphatic carbocycles. The molecule has 0 N–H and O–H groups in total. The van der Waals surface area contributed by atoms with Gasteiger partial charge in [-0.15, -0.1) is 11.8 Å². The van der Waals surface area contributed by atoms with Crippen LogP contribution in [0.4, 0.5) is 0 Å². The highest BCUT2D eigenvalue weighted by Gasteiger charge is 1.91. The summed E-state index contributed by atoms with van der Waals surface area (Å²) in [6.07, 6.45) is 7.70. The Hall–Kier alpha value is -0.500.